The number of pyridine rings is 1. The molecule has 1 atom stereocenters. The van der Waals surface area contributed by atoms with E-state index in [9.17, 15) is 18.8 Å². The normalized spacial score (nSPS) is 20.9. The molecule has 1 aliphatic carbocycles. The molecule has 172 valence electrons. The Morgan fingerprint density at radius 3 is 2.42 bits per heavy atom. The molecule has 1 N–H and O–H groups in total. The molecule has 1 saturated carbocycles. The number of anilines is 2. The van der Waals surface area contributed by atoms with Gasteiger partial charge in [0, 0.05) is 38.1 Å². The lowest BCUT2D eigenvalue weighted by Crippen LogP contribution is -2.49. The Kier molecular flexibility index (Phi) is 5.26. The number of nitrogens with one attached hydrogen (secondary N) is 1. The van der Waals surface area contributed by atoms with E-state index < -0.39 is 23.8 Å². The van der Waals surface area contributed by atoms with E-state index in [0.29, 0.717) is 32.1 Å². The van der Waals surface area contributed by atoms with Gasteiger partial charge in [-0.1, -0.05) is 6.07 Å². The molecule has 2 aromatic rings. The maximum absolute atomic E-state index is 14.9. The van der Waals surface area contributed by atoms with Crippen LogP contribution >= 0.6 is 0 Å². The predicted molar refractivity (Wildman–Crippen MR) is 121 cm³/mol. The van der Waals surface area contributed by atoms with E-state index in [1.54, 1.807) is 11.8 Å². The first-order chi connectivity index (χ1) is 15.8. The second-order valence-corrected chi connectivity index (χ2v) is 8.97. The van der Waals surface area contributed by atoms with Crippen molar-refractivity contribution in [1.82, 2.24) is 15.2 Å². The molecule has 1 unspecified atom stereocenters. The van der Waals surface area contributed by atoms with Crippen molar-refractivity contribution in [2.75, 3.05) is 36.0 Å². The summed E-state index contributed by atoms with van der Waals surface area (Å²) >= 11 is 0. The van der Waals surface area contributed by atoms with Gasteiger partial charge in [-0.2, -0.15) is 0 Å². The molecule has 1 aromatic carbocycles. The molecule has 4 amide bonds. The van der Waals surface area contributed by atoms with Gasteiger partial charge in [0.15, 0.2) is 0 Å². The second-order valence-electron chi connectivity index (χ2n) is 8.97. The van der Waals surface area contributed by atoms with Crippen molar-refractivity contribution in [3.63, 3.8) is 0 Å². The van der Waals surface area contributed by atoms with Crippen LogP contribution in [0.2, 0.25) is 0 Å². The molecular weight excluding hydrogens is 425 g/mol. The molecule has 33 heavy (non-hydrogen) atoms. The van der Waals surface area contributed by atoms with E-state index in [1.807, 2.05) is 6.20 Å². The highest BCUT2D eigenvalue weighted by atomic mass is 19.1. The number of nitrogens with zero attached hydrogens (tertiary/aromatic N) is 4. The first kappa shape index (κ1) is 21.4. The van der Waals surface area contributed by atoms with E-state index in [-0.39, 0.29) is 17.2 Å². The molecule has 0 bridgehead atoms. The molecule has 5 rings (SSSR count). The van der Waals surface area contributed by atoms with E-state index in [2.05, 4.69) is 28.2 Å². The zero-order chi connectivity index (χ0) is 23.3. The minimum Gasteiger partial charge on any atom is -0.353 e. The van der Waals surface area contributed by atoms with E-state index in [1.165, 1.54) is 35.4 Å². The number of aryl methyl sites for hydroxylation is 1. The number of aromatic nitrogens is 1. The zero-order valence-electron chi connectivity index (χ0n) is 18.7. The van der Waals surface area contributed by atoms with E-state index in [4.69, 9.17) is 0 Å². The fourth-order valence-corrected chi connectivity index (χ4v) is 4.58. The van der Waals surface area contributed by atoms with Crippen LogP contribution in [0.5, 0.6) is 0 Å². The fraction of sp³-hybridized carbons (Fsp3) is 0.417. The Bertz CT molecular complexity index is 1140. The van der Waals surface area contributed by atoms with Crippen molar-refractivity contribution in [2.24, 2.45) is 0 Å². The highest BCUT2D eigenvalue weighted by Gasteiger charge is 2.36. The van der Waals surface area contributed by atoms with Crippen LogP contribution in [0.25, 0.3) is 0 Å². The van der Waals surface area contributed by atoms with Crippen LogP contribution in [0.3, 0.4) is 0 Å². The summed E-state index contributed by atoms with van der Waals surface area (Å²) in [7, 11) is 0. The summed E-state index contributed by atoms with van der Waals surface area (Å²) in [6.45, 7) is 5.80. The molecule has 3 fully saturated rings. The molecule has 0 spiro atoms. The maximum Gasteiger partial charge on any atom is 0.329 e. The average Bonchev–Trinajstić information content (AvgIpc) is 3.61. The number of carbonyl (C=O) groups excluding carboxylic acids is 3. The molecule has 2 aliphatic heterocycles. The summed E-state index contributed by atoms with van der Waals surface area (Å²) in [4.78, 5) is 46.3. The molecule has 2 saturated heterocycles. The summed E-state index contributed by atoms with van der Waals surface area (Å²) in [5.74, 6) is 0.0550. The Morgan fingerprint density at radius 1 is 1.12 bits per heavy atom. The molecule has 1 aromatic heterocycles. The third-order valence-electron chi connectivity index (χ3n) is 6.66. The topological polar surface area (TPSA) is 85.8 Å². The Balaban J connectivity index is 1.25. The van der Waals surface area contributed by atoms with Crippen LogP contribution in [-0.2, 0) is 4.79 Å². The number of piperazine rings is 1. The van der Waals surface area contributed by atoms with Gasteiger partial charge < -0.3 is 9.80 Å². The minimum absolute atomic E-state index is 0.0473. The first-order valence-electron chi connectivity index (χ1n) is 11.3. The van der Waals surface area contributed by atoms with Gasteiger partial charge in [0.25, 0.3) is 11.8 Å². The monoisotopic (exact) mass is 451 g/mol. The lowest BCUT2D eigenvalue weighted by molar-refractivity contribution is -0.119. The third kappa shape index (κ3) is 3.92. The highest BCUT2D eigenvalue weighted by molar-refractivity contribution is 6.14. The third-order valence-corrected chi connectivity index (χ3v) is 6.66. The lowest BCUT2D eigenvalue weighted by atomic mass is 10.1. The first-order valence-corrected chi connectivity index (χ1v) is 11.3. The second kappa shape index (κ2) is 8.13. The van der Waals surface area contributed by atoms with E-state index >= 15 is 0 Å². The molecule has 3 heterocycles. The van der Waals surface area contributed by atoms with Crippen LogP contribution in [-0.4, -0.2) is 60.0 Å². The quantitative estimate of drug-likeness (QED) is 0.723. The number of urea groups is 1. The molecule has 3 aliphatic rings. The van der Waals surface area contributed by atoms with Crippen LogP contribution in [0.1, 0.15) is 47.2 Å². The highest BCUT2D eigenvalue weighted by Crippen LogP contribution is 2.40. The molecule has 9 heteroatoms. The number of amides is 4. The predicted octanol–water partition coefficient (Wildman–Crippen LogP) is 2.81. The van der Waals surface area contributed by atoms with Gasteiger partial charge in [0.1, 0.15) is 17.7 Å². The summed E-state index contributed by atoms with van der Waals surface area (Å²) in [5.41, 5.74) is 2.63. The smallest absolute Gasteiger partial charge is 0.329 e. The summed E-state index contributed by atoms with van der Waals surface area (Å²) in [5, 5.41) is 2.20. The summed E-state index contributed by atoms with van der Waals surface area (Å²) < 4.78 is 14.9. The Hall–Kier alpha value is -3.49. The number of benzene rings is 1. The Morgan fingerprint density at radius 2 is 1.85 bits per heavy atom. The van der Waals surface area contributed by atoms with Gasteiger partial charge in [-0.15, -0.1) is 0 Å². The van der Waals surface area contributed by atoms with Gasteiger partial charge in [0.2, 0.25) is 0 Å². The molecule has 0 radical (unpaired) electrons. The largest absolute Gasteiger partial charge is 0.353 e. The van der Waals surface area contributed by atoms with Crippen molar-refractivity contribution >= 4 is 29.4 Å². The lowest BCUT2D eigenvalue weighted by Gasteiger charge is -2.36. The van der Waals surface area contributed by atoms with Crippen LogP contribution < -0.4 is 15.1 Å². The van der Waals surface area contributed by atoms with Gasteiger partial charge >= 0.3 is 6.03 Å². The van der Waals surface area contributed by atoms with Crippen molar-refractivity contribution < 1.29 is 18.8 Å². The van der Waals surface area contributed by atoms with Crippen molar-refractivity contribution in [3.05, 3.63) is 53.0 Å². The maximum atomic E-state index is 14.9. The molecule has 8 nitrogen and oxygen atoms in total. The molecular formula is C24H26FN5O3. The SMILES string of the molecule is Cc1cc(C2CC2)cnc1N1CCN(C(=O)c2ccc(N3C(=O)NC(=O)C3C)cc2F)CC1. The van der Waals surface area contributed by atoms with Crippen molar-refractivity contribution in [3.8, 4) is 0 Å². The average molecular weight is 452 g/mol. The van der Waals surface area contributed by atoms with Crippen LogP contribution in [0.4, 0.5) is 20.7 Å². The zero-order valence-corrected chi connectivity index (χ0v) is 18.7. The van der Waals surface area contributed by atoms with Crippen molar-refractivity contribution in [1.29, 1.82) is 0 Å². The number of imide groups is 1. The Labute approximate surface area is 191 Å². The van der Waals surface area contributed by atoms with E-state index in [0.717, 1.165) is 17.4 Å². The number of halogens is 1. The van der Waals surface area contributed by atoms with Crippen LogP contribution in [0, 0.1) is 12.7 Å². The van der Waals surface area contributed by atoms with Gasteiger partial charge in [-0.3, -0.25) is 19.8 Å². The van der Waals surface area contributed by atoms with Gasteiger partial charge in [0.05, 0.1) is 5.56 Å². The minimum atomic E-state index is -0.734. The summed E-state index contributed by atoms with van der Waals surface area (Å²) in [6, 6.07) is 4.88. The number of rotatable bonds is 4. The van der Waals surface area contributed by atoms with Crippen molar-refractivity contribution in [2.45, 2.75) is 38.6 Å². The van der Waals surface area contributed by atoms with Crippen LogP contribution in [0.15, 0.2) is 30.5 Å². The number of carbonyl (C=O) groups is 3. The summed E-state index contributed by atoms with van der Waals surface area (Å²) in [6.07, 6.45) is 4.44. The number of hydrogen-bond donors (Lipinski definition) is 1. The van der Waals surface area contributed by atoms with Gasteiger partial charge in [-0.25, -0.2) is 14.2 Å². The standard InChI is InChI=1S/C24H26FN5O3/c1-14-11-17(16-3-4-16)13-26-21(14)28-7-9-29(10-8-28)23(32)19-6-5-18(12-20(19)25)30-15(2)22(31)27-24(30)33/h5-6,11-13,15-16H,3-4,7-10H2,1-2H3,(H,27,31,33). The fourth-order valence-electron chi connectivity index (χ4n) is 4.58. The van der Waals surface area contributed by atoms with Gasteiger partial charge in [-0.05, 0) is 61.9 Å². The number of hydrogen-bond acceptors (Lipinski definition) is 5.